The smallest absolute Gasteiger partial charge is 0.191 e. The van der Waals surface area contributed by atoms with E-state index in [9.17, 15) is 13.2 Å². The first-order chi connectivity index (χ1) is 11.9. The maximum absolute atomic E-state index is 13.8. The molecule has 0 aromatic heterocycles. The van der Waals surface area contributed by atoms with Crippen molar-refractivity contribution in [3.05, 3.63) is 70.5 Å². The SMILES string of the molecule is CN=C(NCc1cc(C#N)ccc1F)NC(C)c1ccc(F)c(F)c1.I. The first-order valence-electron chi connectivity index (χ1n) is 7.55. The fourth-order valence-corrected chi connectivity index (χ4v) is 2.22. The number of hydrogen-bond acceptors (Lipinski definition) is 2. The molecule has 2 N–H and O–H groups in total. The quantitative estimate of drug-likeness (QED) is 0.400. The number of aliphatic imine (C=N–C) groups is 1. The molecule has 0 heterocycles. The van der Waals surface area contributed by atoms with Gasteiger partial charge in [0.2, 0.25) is 0 Å². The van der Waals surface area contributed by atoms with Crippen molar-refractivity contribution in [1.29, 1.82) is 5.26 Å². The second-order valence-electron chi connectivity index (χ2n) is 5.38. The number of benzene rings is 2. The van der Waals surface area contributed by atoms with E-state index in [1.807, 2.05) is 6.07 Å². The Morgan fingerprint density at radius 2 is 1.81 bits per heavy atom. The van der Waals surface area contributed by atoms with Crippen LogP contribution in [0.3, 0.4) is 0 Å². The van der Waals surface area contributed by atoms with Crippen molar-refractivity contribution in [3.8, 4) is 6.07 Å². The van der Waals surface area contributed by atoms with Crippen LogP contribution in [0.4, 0.5) is 13.2 Å². The monoisotopic (exact) mass is 474 g/mol. The molecule has 0 amide bonds. The summed E-state index contributed by atoms with van der Waals surface area (Å²) in [5.74, 6) is -1.91. The normalized spacial score (nSPS) is 11.9. The van der Waals surface area contributed by atoms with Crippen molar-refractivity contribution in [2.24, 2.45) is 4.99 Å². The zero-order valence-corrected chi connectivity index (χ0v) is 16.5. The lowest BCUT2D eigenvalue weighted by Gasteiger charge is -2.18. The van der Waals surface area contributed by atoms with Gasteiger partial charge >= 0.3 is 0 Å². The van der Waals surface area contributed by atoms with Gasteiger partial charge in [-0.15, -0.1) is 24.0 Å². The molecule has 138 valence electrons. The van der Waals surface area contributed by atoms with E-state index in [0.29, 0.717) is 22.6 Å². The second-order valence-corrected chi connectivity index (χ2v) is 5.38. The summed E-state index contributed by atoms with van der Waals surface area (Å²) >= 11 is 0. The van der Waals surface area contributed by atoms with E-state index < -0.39 is 17.5 Å². The van der Waals surface area contributed by atoms with Gasteiger partial charge in [-0.3, -0.25) is 4.99 Å². The van der Waals surface area contributed by atoms with Gasteiger partial charge in [0.1, 0.15) is 5.82 Å². The molecule has 2 aromatic rings. The Labute approximate surface area is 167 Å². The van der Waals surface area contributed by atoms with Crippen LogP contribution in [0.5, 0.6) is 0 Å². The highest BCUT2D eigenvalue weighted by molar-refractivity contribution is 14.0. The molecule has 0 bridgehead atoms. The molecule has 1 unspecified atom stereocenters. The van der Waals surface area contributed by atoms with Crippen LogP contribution in [-0.4, -0.2) is 13.0 Å². The highest BCUT2D eigenvalue weighted by atomic mass is 127. The fraction of sp³-hybridized carbons (Fsp3) is 0.222. The summed E-state index contributed by atoms with van der Waals surface area (Å²) in [6.07, 6.45) is 0. The Hall–Kier alpha value is -2.28. The maximum atomic E-state index is 13.8. The summed E-state index contributed by atoms with van der Waals surface area (Å²) in [5, 5.41) is 14.8. The molecule has 0 spiro atoms. The summed E-state index contributed by atoms with van der Waals surface area (Å²) in [5.41, 5.74) is 1.22. The molecule has 2 aromatic carbocycles. The molecule has 2 rings (SSSR count). The van der Waals surface area contributed by atoms with E-state index in [1.165, 1.54) is 31.3 Å². The third kappa shape index (κ3) is 5.62. The van der Waals surface area contributed by atoms with Crippen LogP contribution in [0.1, 0.15) is 29.7 Å². The molecule has 0 saturated carbocycles. The van der Waals surface area contributed by atoms with Gasteiger partial charge in [-0.2, -0.15) is 5.26 Å². The standard InChI is InChI=1S/C18H17F3N4.HI/c1-11(13-4-6-16(20)17(21)8-13)25-18(23-2)24-10-14-7-12(9-22)3-5-15(14)19;/h3-8,11H,10H2,1-2H3,(H2,23,24,25);1H. The van der Waals surface area contributed by atoms with E-state index in [4.69, 9.17) is 5.26 Å². The minimum absolute atomic E-state index is 0. The molecule has 8 heteroatoms. The molecule has 4 nitrogen and oxygen atoms in total. The summed E-state index contributed by atoms with van der Waals surface area (Å²) in [4.78, 5) is 4.02. The summed E-state index contributed by atoms with van der Waals surface area (Å²) in [6.45, 7) is 1.88. The molecule has 0 aliphatic rings. The van der Waals surface area contributed by atoms with E-state index in [0.717, 1.165) is 12.1 Å². The Morgan fingerprint density at radius 1 is 1.12 bits per heavy atom. The average molecular weight is 474 g/mol. The predicted octanol–water partition coefficient (Wildman–Crippen LogP) is 4.02. The zero-order chi connectivity index (χ0) is 18.4. The lowest BCUT2D eigenvalue weighted by Crippen LogP contribution is -2.38. The van der Waals surface area contributed by atoms with Gasteiger partial charge in [0.05, 0.1) is 17.7 Å². The Balaban J connectivity index is 0.00000338. The van der Waals surface area contributed by atoms with E-state index in [1.54, 1.807) is 6.92 Å². The van der Waals surface area contributed by atoms with Crippen molar-refractivity contribution >= 4 is 29.9 Å². The summed E-state index contributed by atoms with van der Waals surface area (Å²) in [7, 11) is 1.54. The largest absolute Gasteiger partial charge is 0.352 e. The maximum Gasteiger partial charge on any atom is 0.191 e. The molecule has 0 aliphatic heterocycles. The highest BCUT2D eigenvalue weighted by Gasteiger charge is 2.11. The number of nitrogens with one attached hydrogen (secondary N) is 2. The van der Waals surface area contributed by atoms with E-state index in [-0.39, 0.29) is 36.6 Å². The van der Waals surface area contributed by atoms with Crippen molar-refractivity contribution in [3.63, 3.8) is 0 Å². The van der Waals surface area contributed by atoms with Crippen LogP contribution in [0.2, 0.25) is 0 Å². The molecular formula is C18H18F3IN4. The van der Waals surface area contributed by atoms with Gasteiger partial charge in [-0.1, -0.05) is 6.07 Å². The minimum atomic E-state index is -0.926. The number of hydrogen-bond donors (Lipinski definition) is 2. The number of halogens is 4. The van der Waals surface area contributed by atoms with Crippen LogP contribution in [0, 0.1) is 28.8 Å². The number of rotatable bonds is 4. The van der Waals surface area contributed by atoms with Crippen LogP contribution >= 0.6 is 24.0 Å². The molecule has 26 heavy (non-hydrogen) atoms. The topological polar surface area (TPSA) is 60.2 Å². The van der Waals surface area contributed by atoms with Crippen LogP contribution < -0.4 is 10.6 Å². The number of nitrogens with zero attached hydrogens (tertiary/aromatic N) is 2. The van der Waals surface area contributed by atoms with Crippen molar-refractivity contribution in [2.75, 3.05) is 7.05 Å². The third-order valence-electron chi connectivity index (χ3n) is 3.64. The van der Waals surface area contributed by atoms with Gasteiger partial charge in [-0.25, -0.2) is 13.2 Å². The van der Waals surface area contributed by atoms with Crippen LogP contribution in [-0.2, 0) is 6.54 Å². The Kier molecular flexibility index (Phi) is 8.38. The van der Waals surface area contributed by atoms with Crippen molar-refractivity contribution < 1.29 is 13.2 Å². The van der Waals surface area contributed by atoms with Crippen LogP contribution in [0.15, 0.2) is 41.4 Å². The average Bonchev–Trinajstić information content (AvgIpc) is 2.61. The molecule has 1 atom stereocenters. The Bertz CT molecular complexity index is 834. The number of guanidine groups is 1. The zero-order valence-electron chi connectivity index (χ0n) is 14.2. The second kappa shape index (κ2) is 10.0. The molecule has 0 radical (unpaired) electrons. The molecule has 0 fully saturated rings. The van der Waals surface area contributed by atoms with Gasteiger partial charge in [-0.05, 0) is 42.8 Å². The first-order valence-corrected chi connectivity index (χ1v) is 7.55. The lowest BCUT2D eigenvalue weighted by atomic mass is 10.1. The minimum Gasteiger partial charge on any atom is -0.352 e. The predicted molar refractivity (Wildman–Crippen MR) is 105 cm³/mol. The van der Waals surface area contributed by atoms with E-state index in [2.05, 4.69) is 15.6 Å². The van der Waals surface area contributed by atoms with Gasteiger partial charge in [0.15, 0.2) is 17.6 Å². The van der Waals surface area contributed by atoms with Gasteiger partial charge in [0, 0.05) is 19.2 Å². The Morgan fingerprint density at radius 3 is 2.42 bits per heavy atom. The summed E-state index contributed by atoms with van der Waals surface area (Å²) < 4.78 is 40.1. The third-order valence-corrected chi connectivity index (χ3v) is 3.64. The van der Waals surface area contributed by atoms with Crippen molar-refractivity contribution in [1.82, 2.24) is 10.6 Å². The van der Waals surface area contributed by atoms with Crippen molar-refractivity contribution in [2.45, 2.75) is 19.5 Å². The van der Waals surface area contributed by atoms with E-state index >= 15 is 0 Å². The fourth-order valence-electron chi connectivity index (χ4n) is 2.22. The summed E-state index contributed by atoms with van der Waals surface area (Å²) in [6, 6.07) is 9.32. The highest BCUT2D eigenvalue weighted by Crippen LogP contribution is 2.16. The van der Waals surface area contributed by atoms with Crippen LogP contribution in [0.25, 0.3) is 0 Å². The lowest BCUT2D eigenvalue weighted by molar-refractivity contribution is 0.504. The van der Waals surface area contributed by atoms with Gasteiger partial charge < -0.3 is 10.6 Å². The number of nitriles is 1. The molecule has 0 aliphatic carbocycles. The first kappa shape index (κ1) is 21.8. The molecule has 0 saturated heterocycles. The molecular weight excluding hydrogens is 456 g/mol. The van der Waals surface area contributed by atoms with Gasteiger partial charge in [0.25, 0.3) is 0 Å².